The molecule has 8 heteroatoms. The minimum absolute atomic E-state index is 0.202. The molecule has 1 amide bonds. The van der Waals surface area contributed by atoms with Gasteiger partial charge >= 0.3 is 6.09 Å². The summed E-state index contributed by atoms with van der Waals surface area (Å²) < 4.78 is 16.7. The monoisotopic (exact) mass is 350 g/mol. The van der Waals surface area contributed by atoms with Crippen molar-refractivity contribution in [2.24, 2.45) is 4.99 Å². The summed E-state index contributed by atoms with van der Waals surface area (Å²) in [4.78, 5) is 26.9. The van der Waals surface area contributed by atoms with E-state index >= 15 is 0 Å². The Morgan fingerprint density at radius 1 is 1.46 bits per heavy atom. The molecule has 2 heterocycles. The smallest absolute Gasteiger partial charge is 0.385 e. The summed E-state index contributed by atoms with van der Waals surface area (Å²) in [6.45, 7) is 0.398. The van der Waals surface area contributed by atoms with Crippen LogP contribution >= 0.6 is 11.8 Å². The number of amides is 1. The Balaban J connectivity index is 1.61. The quantitative estimate of drug-likeness (QED) is 0.832. The number of fused-ring (bicyclic) bond motifs is 1. The number of hydrogen-bond donors (Lipinski definition) is 1. The number of benzene rings is 1. The predicted molar refractivity (Wildman–Crippen MR) is 88.7 cm³/mol. The van der Waals surface area contributed by atoms with E-state index in [9.17, 15) is 9.59 Å². The van der Waals surface area contributed by atoms with E-state index in [1.807, 2.05) is 30.3 Å². The Labute approximate surface area is 143 Å². The number of carbonyl (C=O) groups is 2. The highest BCUT2D eigenvalue weighted by molar-refractivity contribution is 8.14. The van der Waals surface area contributed by atoms with Crippen molar-refractivity contribution in [3.63, 3.8) is 0 Å². The van der Waals surface area contributed by atoms with Crippen molar-refractivity contribution >= 4 is 29.4 Å². The van der Waals surface area contributed by atoms with E-state index in [4.69, 9.17) is 14.2 Å². The average Bonchev–Trinajstić information content (AvgIpc) is 3.00. The summed E-state index contributed by atoms with van der Waals surface area (Å²) in [6, 6.07) is 9.52. The van der Waals surface area contributed by atoms with Crippen molar-refractivity contribution in [1.29, 1.82) is 0 Å². The minimum Gasteiger partial charge on any atom is -0.385 e. The van der Waals surface area contributed by atoms with Gasteiger partial charge in [0.25, 0.3) is 5.23 Å². The molecule has 1 N–H and O–H groups in total. The average molecular weight is 350 g/mol. The van der Waals surface area contributed by atoms with E-state index < -0.39 is 12.2 Å². The van der Waals surface area contributed by atoms with Crippen molar-refractivity contribution in [1.82, 2.24) is 5.32 Å². The number of nitrogens with zero attached hydrogens (tertiary/aromatic N) is 1. The first-order valence-electron chi connectivity index (χ1n) is 7.60. The molecule has 7 nitrogen and oxygen atoms in total. The van der Waals surface area contributed by atoms with Crippen LogP contribution in [0, 0.1) is 0 Å². The van der Waals surface area contributed by atoms with Gasteiger partial charge < -0.3 is 24.3 Å². The summed E-state index contributed by atoms with van der Waals surface area (Å²) in [5.74, 6) is 0. The largest absolute Gasteiger partial charge is 0.414 e. The van der Waals surface area contributed by atoms with Crippen LogP contribution in [-0.4, -0.2) is 48.3 Å². The fourth-order valence-electron chi connectivity index (χ4n) is 2.54. The normalized spacial score (nSPS) is 28.6. The molecule has 0 radical (unpaired) electrons. The van der Waals surface area contributed by atoms with E-state index in [1.54, 1.807) is 0 Å². The predicted octanol–water partition coefficient (Wildman–Crippen LogP) is 1.71. The highest BCUT2D eigenvalue weighted by Gasteiger charge is 2.43. The number of thioether (sulfide) groups is 1. The Bertz CT molecular complexity index is 624. The molecule has 0 spiro atoms. The Hall–Kier alpha value is -1.90. The molecule has 0 saturated carbocycles. The van der Waals surface area contributed by atoms with Crippen LogP contribution < -0.4 is 5.32 Å². The number of hydrogen-bond acceptors (Lipinski definition) is 7. The summed E-state index contributed by atoms with van der Waals surface area (Å²) in [5, 5.41) is 2.61. The third-order valence-corrected chi connectivity index (χ3v) is 4.81. The third-order valence-electron chi connectivity index (χ3n) is 3.76. The van der Waals surface area contributed by atoms with E-state index in [-0.39, 0.29) is 22.8 Å². The van der Waals surface area contributed by atoms with E-state index in [0.717, 1.165) is 11.8 Å². The van der Waals surface area contributed by atoms with E-state index in [2.05, 4.69) is 10.3 Å². The summed E-state index contributed by atoms with van der Waals surface area (Å²) >= 11 is 1.20. The van der Waals surface area contributed by atoms with Crippen molar-refractivity contribution < 1.29 is 23.8 Å². The molecular formula is C16H18N2O5S. The zero-order chi connectivity index (χ0) is 16.9. The van der Waals surface area contributed by atoms with Gasteiger partial charge in [0.15, 0.2) is 6.29 Å². The number of nitrogens with one attached hydrogen (secondary N) is 1. The van der Waals surface area contributed by atoms with Crippen molar-refractivity contribution in [3.05, 3.63) is 35.9 Å². The first-order chi connectivity index (χ1) is 11.7. The number of ether oxygens (including phenoxy) is 3. The summed E-state index contributed by atoms with van der Waals surface area (Å²) in [6.07, 6.45) is -0.327. The molecule has 4 atom stereocenters. The standard InChI is InChI=1S/C16H18N2O5S/c1-17-15(20)23-16-18-11-7-12(13(8-19)22-14(11)24-16)21-9-10-5-3-2-4-6-10/h2-6,8,11-14H,7,9H2,1H3,(H,17,20)/t11-,12+,13-,14-/m1/s1. The van der Waals surface area contributed by atoms with Gasteiger partial charge in [-0.1, -0.05) is 30.3 Å². The van der Waals surface area contributed by atoms with Crippen LogP contribution in [0.1, 0.15) is 12.0 Å². The molecule has 3 rings (SSSR count). The van der Waals surface area contributed by atoms with Gasteiger partial charge in [-0.3, -0.25) is 0 Å². The van der Waals surface area contributed by atoms with Crippen LogP contribution in [0.4, 0.5) is 4.79 Å². The van der Waals surface area contributed by atoms with Crippen LogP contribution in [-0.2, 0) is 25.6 Å². The van der Waals surface area contributed by atoms with Crippen molar-refractivity contribution in [2.75, 3.05) is 7.05 Å². The zero-order valence-corrected chi connectivity index (χ0v) is 13.9. The summed E-state index contributed by atoms with van der Waals surface area (Å²) in [5.41, 5.74) is 0.689. The third kappa shape index (κ3) is 3.95. The highest BCUT2D eigenvalue weighted by atomic mass is 32.2. The van der Waals surface area contributed by atoms with Gasteiger partial charge in [-0.2, -0.15) is 0 Å². The van der Waals surface area contributed by atoms with Crippen LogP contribution in [0.3, 0.4) is 0 Å². The molecule has 1 aromatic carbocycles. The molecule has 1 fully saturated rings. The number of aldehydes is 1. The van der Waals surface area contributed by atoms with Crippen LogP contribution in [0.15, 0.2) is 35.3 Å². The lowest BCUT2D eigenvalue weighted by molar-refractivity contribution is -0.146. The second-order valence-electron chi connectivity index (χ2n) is 5.40. The highest BCUT2D eigenvalue weighted by Crippen LogP contribution is 2.37. The summed E-state index contributed by atoms with van der Waals surface area (Å²) in [7, 11) is 1.47. The molecule has 128 valence electrons. The van der Waals surface area contributed by atoms with Gasteiger partial charge in [0.05, 0.1) is 18.8 Å². The maximum Gasteiger partial charge on any atom is 0.414 e. The Morgan fingerprint density at radius 3 is 2.96 bits per heavy atom. The molecule has 0 bridgehead atoms. The Kier molecular flexibility index (Phi) is 5.49. The lowest BCUT2D eigenvalue weighted by Gasteiger charge is -2.34. The zero-order valence-electron chi connectivity index (χ0n) is 13.1. The number of rotatable bonds is 4. The first kappa shape index (κ1) is 16.9. The number of alkyl carbamates (subject to hydrolysis) is 1. The minimum atomic E-state index is -0.656. The number of carbonyl (C=O) groups excluding carboxylic acids is 2. The molecule has 0 unspecified atom stereocenters. The molecule has 0 aromatic heterocycles. The van der Waals surface area contributed by atoms with E-state index in [1.165, 1.54) is 18.8 Å². The molecule has 0 aliphatic carbocycles. The second-order valence-corrected chi connectivity index (χ2v) is 6.45. The second kappa shape index (κ2) is 7.78. The van der Waals surface area contributed by atoms with Gasteiger partial charge in [0.2, 0.25) is 0 Å². The molecule has 2 aliphatic rings. The molecule has 2 aliphatic heterocycles. The molecular weight excluding hydrogens is 332 g/mol. The number of aliphatic imine (C=N–C) groups is 1. The maximum absolute atomic E-state index is 11.3. The van der Waals surface area contributed by atoms with Gasteiger partial charge in [-0.25, -0.2) is 9.79 Å². The van der Waals surface area contributed by atoms with Crippen LogP contribution in [0.25, 0.3) is 0 Å². The molecule has 1 aromatic rings. The van der Waals surface area contributed by atoms with Gasteiger partial charge in [-0.05, 0) is 17.3 Å². The van der Waals surface area contributed by atoms with Gasteiger partial charge in [0.1, 0.15) is 11.5 Å². The fraction of sp³-hybridized carbons (Fsp3) is 0.438. The first-order valence-corrected chi connectivity index (χ1v) is 8.48. The topological polar surface area (TPSA) is 86.2 Å². The lowest BCUT2D eigenvalue weighted by atomic mass is 10.0. The van der Waals surface area contributed by atoms with Gasteiger partial charge in [-0.15, -0.1) is 0 Å². The van der Waals surface area contributed by atoms with Crippen molar-refractivity contribution in [2.45, 2.75) is 36.7 Å². The lowest BCUT2D eigenvalue weighted by Crippen LogP contribution is -2.45. The maximum atomic E-state index is 11.3. The Morgan fingerprint density at radius 2 is 2.25 bits per heavy atom. The molecule has 24 heavy (non-hydrogen) atoms. The SMILES string of the molecule is CNC(=O)OC1=N[C@@H]2C[C@H](OCc3ccccc3)[C@@H](C=O)O[C@@H]2S1. The van der Waals surface area contributed by atoms with Crippen LogP contribution in [0.2, 0.25) is 0 Å². The van der Waals surface area contributed by atoms with E-state index in [0.29, 0.717) is 13.0 Å². The van der Waals surface area contributed by atoms with Crippen LogP contribution in [0.5, 0.6) is 0 Å². The van der Waals surface area contributed by atoms with Crippen molar-refractivity contribution in [3.8, 4) is 0 Å². The molecule has 1 saturated heterocycles. The van der Waals surface area contributed by atoms with Gasteiger partial charge in [0, 0.05) is 13.5 Å². The fourth-order valence-corrected chi connectivity index (χ4v) is 3.57.